The molecule has 0 spiro atoms. The van der Waals surface area contributed by atoms with Gasteiger partial charge in [-0.2, -0.15) is 10.2 Å². The van der Waals surface area contributed by atoms with Crippen LogP contribution in [0.1, 0.15) is 36.9 Å². The summed E-state index contributed by atoms with van der Waals surface area (Å²) < 4.78 is 1.57. The monoisotopic (exact) mass is 407 g/mol. The van der Waals surface area contributed by atoms with Gasteiger partial charge in [0.2, 0.25) is 5.91 Å². The molecule has 2 heterocycles. The molecule has 0 aliphatic carbocycles. The molecule has 3 rings (SSSR count). The van der Waals surface area contributed by atoms with Crippen LogP contribution >= 0.6 is 23.2 Å². The Morgan fingerprint density at radius 2 is 2.00 bits per heavy atom. The van der Waals surface area contributed by atoms with Gasteiger partial charge in [-0.05, 0) is 45.0 Å². The molecule has 1 saturated heterocycles. The van der Waals surface area contributed by atoms with Crippen LogP contribution in [0.25, 0.3) is 5.69 Å². The maximum Gasteiger partial charge on any atom is 0.241 e. The van der Waals surface area contributed by atoms with Crippen LogP contribution in [0.3, 0.4) is 0 Å². The fourth-order valence-corrected chi connectivity index (χ4v) is 3.64. The first-order valence-corrected chi connectivity index (χ1v) is 9.86. The molecule has 6 nitrogen and oxygen atoms in total. The number of aryl methyl sites for hydroxylation is 1. The molecule has 144 valence electrons. The number of benzene rings is 1. The lowest BCUT2D eigenvalue weighted by atomic mass is 10.1. The van der Waals surface area contributed by atoms with Crippen molar-refractivity contribution in [2.24, 2.45) is 5.10 Å². The van der Waals surface area contributed by atoms with Crippen molar-refractivity contribution in [2.45, 2.75) is 32.6 Å². The lowest BCUT2D eigenvalue weighted by molar-refractivity contribution is -0.121. The van der Waals surface area contributed by atoms with Gasteiger partial charge in [0, 0.05) is 13.0 Å². The van der Waals surface area contributed by atoms with Crippen LogP contribution < -0.4 is 5.43 Å². The van der Waals surface area contributed by atoms with E-state index in [-0.39, 0.29) is 5.91 Å². The Hall–Kier alpha value is -1.89. The predicted octanol–water partition coefficient (Wildman–Crippen LogP) is 3.81. The summed E-state index contributed by atoms with van der Waals surface area (Å²) in [5, 5.41) is 9.42. The number of halogens is 2. The fourth-order valence-electron chi connectivity index (χ4n) is 3.11. The number of amides is 1. The second-order valence-electron chi connectivity index (χ2n) is 6.60. The van der Waals surface area contributed by atoms with Crippen LogP contribution in [0.15, 0.2) is 29.4 Å². The lowest BCUT2D eigenvalue weighted by Crippen LogP contribution is -2.33. The number of para-hydroxylation sites is 1. The third kappa shape index (κ3) is 5.09. The maximum absolute atomic E-state index is 12.0. The number of hydrogen-bond donors (Lipinski definition) is 1. The van der Waals surface area contributed by atoms with E-state index < -0.39 is 0 Å². The molecule has 1 aromatic heterocycles. The highest BCUT2D eigenvalue weighted by molar-refractivity contribution is 6.34. The number of hydrazone groups is 1. The quantitative estimate of drug-likeness (QED) is 0.584. The molecule has 1 amide bonds. The summed E-state index contributed by atoms with van der Waals surface area (Å²) in [6.07, 6.45) is 5.68. The maximum atomic E-state index is 12.0. The summed E-state index contributed by atoms with van der Waals surface area (Å²) in [7, 11) is 0. The molecule has 1 N–H and O–H groups in total. The van der Waals surface area contributed by atoms with E-state index in [1.165, 1.54) is 25.5 Å². The molecular weight excluding hydrogens is 385 g/mol. The third-order valence-electron chi connectivity index (χ3n) is 4.62. The van der Waals surface area contributed by atoms with E-state index in [0.29, 0.717) is 33.5 Å². The summed E-state index contributed by atoms with van der Waals surface area (Å²) in [4.78, 5) is 14.3. The number of piperidine rings is 1. The van der Waals surface area contributed by atoms with Crippen molar-refractivity contribution < 1.29 is 4.79 Å². The molecule has 0 unspecified atom stereocenters. The molecule has 0 bridgehead atoms. The van der Waals surface area contributed by atoms with Crippen molar-refractivity contribution in [1.29, 1.82) is 0 Å². The van der Waals surface area contributed by atoms with Gasteiger partial charge in [0.15, 0.2) is 0 Å². The predicted molar refractivity (Wildman–Crippen MR) is 109 cm³/mol. The number of nitrogens with zero attached hydrogens (tertiary/aromatic N) is 4. The average molecular weight is 408 g/mol. The Bertz CT molecular complexity index is 828. The Balaban J connectivity index is 1.60. The number of carbonyl (C=O) groups is 1. The smallest absolute Gasteiger partial charge is 0.241 e. The van der Waals surface area contributed by atoms with E-state index in [1.807, 2.05) is 25.1 Å². The lowest BCUT2D eigenvalue weighted by Gasteiger charge is -2.25. The standard InChI is InChI=1S/C19H23Cl2N5O/c1-14-15(19(21)26(24-14)17-8-4-3-7-16(17)20)13-22-23-18(27)9-12-25-10-5-2-6-11-25/h3-4,7-8,13H,2,5-6,9-12H2,1H3,(H,23,27)/b22-13+. The first-order chi connectivity index (χ1) is 13.1. The Morgan fingerprint density at radius 3 is 2.74 bits per heavy atom. The van der Waals surface area contributed by atoms with Crippen molar-refractivity contribution in [3.63, 3.8) is 0 Å². The van der Waals surface area contributed by atoms with E-state index in [1.54, 1.807) is 10.7 Å². The van der Waals surface area contributed by atoms with Gasteiger partial charge in [0.25, 0.3) is 0 Å². The molecular formula is C19H23Cl2N5O. The van der Waals surface area contributed by atoms with Crippen LogP contribution in [-0.2, 0) is 4.79 Å². The van der Waals surface area contributed by atoms with E-state index in [4.69, 9.17) is 23.2 Å². The van der Waals surface area contributed by atoms with Gasteiger partial charge in [0.1, 0.15) is 5.15 Å². The van der Waals surface area contributed by atoms with Crippen molar-refractivity contribution in [1.82, 2.24) is 20.1 Å². The van der Waals surface area contributed by atoms with Crippen LogP contribution in [0.4, 0.5) is 0 Å². The fraction of sp³-hybridized carbons (Fsp3) is 0.421. The van der Waals surface area contributed by atoms with Crippen LogP contribution in [-0.4, -0.2) is 46.4 Å². The van der Waals surface area contributed by atoms with Crippen LogP contribution in [0.5, 0.6) is 0 Å². The summed E-state index contributed by atoms with van der Waals surface area (Å²) >= 11 is 12.7. The first kappa shape index (κ1) is 19.9. The van der Waals surface area contributed by atoms with Gasteiger partial charge in [-0.1, -0.05) is 41.8 Å². The molecule has 1 aliphatic heterocycles. The highest BCUT2D eigenvalue weighted by Crippen LogP contribution is 2.26. The SMILES string of the molecule is Cc1nn(-c2ccccc2Cl)c(Cl)c1/C=N/NC(=O)CCN1CCCCC1. The summed E-state index contributed by atoms with van der Waals surface area (Å²) in [5.74, 6) is -0.107. The molecule has 27 heavy (non-hydrogen) atoms. The van der Waals surface area contributed by atoms with Crippen molar-refractivity contribution in [2.75, 3.05) is 19.6 Å². The number of hydrogen-bond acceptors (Lipinski definition) is 4. The first-order valence-electron chi connectivity index (χ1n) is 9.10. The zero-order chi connectivity index (χ0) is 19.2. The number of carbonyl (C=O) groups excluding carboxylic acids is 1. The Labute approximate surface area is 169 Å². The van der Waals surface area contributed by atoms with Gasteiger partial charge < -0.3 is 4.90 Å². The summed E-state index contributed by atoms with van der Waals surface area (Å²) in [6.45, 7) is 4.75. The Morgan fingerprint density at radius 1 is 1.26 bits per heavy atom. The van der Waals surface area contributed by atoms with Crippen molar-refractivity contribution in [3.8, 4) is 5.69 Å². The molecule has 8 heteroatoms. The molecule has 0 atom stereocenters. The van der Waals surface area contributed by atoms with E-state index >= 15 is 0 Å². The normalized spacial score (nSPS) is 15.4. The molecule has 1 aromatic carbocycles. The van der Waals surface area contributed by atoms with Gasteiger partial charge >= 0.3 is 0 Å². The number of nitrogens with one attached hydrogen (secondary N) is 1. The minimum absolute atomic E-state index is 0.107. The summed E-state index contributed by atoms with van der Waals surface area (Å²) in [6, 6.07) is 7.33. The average Bonchev–Trinajstić information content (AvgIpc) is 2.95. The second kappa shape index (κ2) is 9.35. The van der Waals surface area contributed by atoms with Gasteiger partial charge in [-0.3, -0.25) is 4.79 Å². The largest absolute Gasteiger partial charge is 0.303 e. The van der Waals surface area contributed by atoms with Crippen molar-refractivity contribution in [3.05, 3.63) is 45.7 Å². The highest BCUT2D eigenvalue weighted by Gasteiger charge is 2.15. The Kier molecular flexibility index (Phi) is 6.88. The number of aromatic nitrogens is 2. The minimum atomic E-state index is -0.107. The number of likely N-dealkylation sites (tertiary alicyclic amines) is 1. The third-order valence-corrected chi connectivity index (χ3v) is 5.30. The second-order valence-corrected chi connectivity index (χ2v) is 7.36. The molecule has 0 saturated carbocycles. The minimum Gasteiger partial charge on any atom is -0.303 e. The molecule has 1 aliphatic rings. The van der Waals surface area contributed by atoms with E-state index in [9.17, 15) is 4.79 Å². The van der Waals surface area contributed by atoms with Crippen LogP contribution in [0.2, 0.25) is 10.2 Å². The van der Waals surface area contributed by atoms with E-state index in [0.717, 1.165) is 19.6 Å². The number of rotatable bonds is 6. The van der Waals surface area contributed by atoms with Gasteiger partial charge in [-0.15, -0.1) is 0 Å². The molecule has 2 aromatic rings. The zero-order valence-electron chi connectivity index (χ0n) is 15.3. The van der Waals surface area contributed by atoms with E-state index in [2.05, 4.69) is 20.5 Å². The van der Waals surface area contributed by atoms with Crippen molar-refractivity contribution >= 4 is 35.3 Å². The van der Waals surface area contributed by atoms with Gasteiger partial charge in [-0.25, -0.2) is 10.1 Å². The molecule has 1 fully saturated rings. The zero-order valence-corrected chi connectivity index (χ0v) is 16.8. The van der Waals surface area contributed by atoms with Gasteiger partial charge in [0.05, 0.1) is 28.2 Å². The highest BCUT2D eigenvalue weighted by atomic mass is 35.5. The molecule has 0 radical (unpaired) electrons. The van der Waals surface area contributed by atoms with Crippen LogP contribution in [0, 0.1) is 6.92 Å². The summed E-state index contributed by atoms with van der Waals surface area (Å²) in [5.41, 5.74) is 4.61. The topological polar surface area (TPSA) is 62.5 Å².